The van der Waals surface area contributed by atoms with Gasteiger partial charge in [-0.3, -0.25) is 4.79 Å². The topological polar surface area (TPSA) is 91.4 Å². The van der Waals surface area contributed by atoms with Crippen LogP contribution in [0.3, 0.4) is 0 Å². The average molecular weight is 446 g/mol. The molecule has 0 N–H and O–H groups in total. The molecule has 0 aliphatic rings. The molecule has 3 aromatic heterocycles. The number of esters is 1. The van der Waals surface area contributed by atoms with Crippen molar-refractivity contribution in [2.75, 3.05) is 6.61 Å². The average Bonchev–Trinajstić information content (AvgIpc) is 3.32. The molecule has 0 spiro atoms. The molecule has 1 aromatic carbocycles. The van der Waals surface area contributed by atoms with Crippen LogP contribution in [0.15, 0.2) is 36.4 Å². The smallest absolute Gasteiger partial charge is 0.378 e. The maximum absolute atomic E-state index is 12.9. The van der Waals surface area contributed by atoms with Crippen LogP contribution in [0, 0.1) is 27.7 Å². The van der Waals surface area contributed by atoms with E-state index in [1.165, 1.54) is 10.1 Å². The Kier molecular flexibility index (Phi) is 5.84. The van der Waals surface area contributed by atoms with Gasteiger partial charge >= 0.3 is 5.97 Å². The highest BCUT2D eigenvalue weighted by atomic mass is 16.5. The normalized spacial score (nSPS) is 11.4. The lowest BCUT2D eigenvalue weighted by atomic mass is 10.0. The van der Waals surface area contributed by atoms with Crippen LogP contribution in [0.1, 0.15) is 69.1 Å². The molecule has 0 aliphatic heterocycles. The van der Waals surface area contributed by atoms with Gasteiger partial charge in [-0.2, -0.15) is 4.98 Å². The summed E-state index contributed by atoms with van der Waals surface area (Å²) in [6.07, 6.45) is 0. The minimum absolute atomic E-state index is 0.125. The first-order valence-corrected chi connectivity index (χ1v) is 10.9. The highest BCUT2D eigenvalue weighted by Crippen LogP contribution is 2.23. The molecule has 0 saturated carbocycles. The van der Waals surface area contributed by atoms with Gasteiger partial charge in [0, 0.05) is 34.0 Å². The SMILES string of the molecule is Cc1cc(C)n2nc(C(=O)OCC(=O)c3cc(C)n(-c4ccc(C(C)C)cc4)c3C)nc2n1. The third kappa shape index (κ3) is 4.28. The molecular formula is C25H27N5O3. The number of fused-ring (bicyclic) bond motifs is 1. The number of aromatic nitrogens is 5. The number of rotatable bonds is 6. The molecule has 0 bridgehead atoms. The first kappa shape index (κ1) is 22.4. The van der Waals surface area contributed by atoms with E-state index < -0.39 is 12.6 Å². The lowest BCUT2D eigenvalue weighted by Crippen LogP contribution is -2.16. The van der Waals surface area contributed by atoms with E-state index in [-0.39, 0.29) is 11.6 Å². The number of carbonyl (C=O) groups is 2. The number of hydrogen-bond acceptors (Lipinski definition) is 6. The van der Waals surface area contributed by atoms with E-state index in [1.807, 2.05) is 44.4 Å². The summed E-state index contributed by atoms with van der Waals surface area (Å²) in [4.78, 5) is 33.7. The minimum atomic E-state index is -0.760. The standard InChI is InChI=1S/C25H27N5O3/c1-14(2)19-7-9-20(10-8-19)29-16(4)12-21(18(29)6)22(31)13-33-24(32)23-27-25-26-15(3)11-17(5)30(25)28-23/h7-12,14H,13H2,1-6H3. The number of aryl methyl sites for hydroxylation is 3. The number of ether oxygens (including phenoxy) is 1. The summed E-state index contributed by atoms with van der Waals surface area (Å²) in [6.45, 7) is 11.4. The molecule has 0 atom stereocenters. The molecule has 0 unspecified atom stereocenters. The van der Waals surface area contributed by atoms with Crippen molar-refractivity contribution in [3.63, 3.8) is 0 Å². The molecule has 0 aliphatic carbocycles. The van der Waals surface area contributed by atoms with Crippen LogP contribution < -0.4 is 0 Å². The number of hydrogen-bond donors (Lipinski definition) is 0. The first-order chi connectivity index (χ1) is 15.7. The second kappa shape index (κ2) is 8.61. The van der Waals surface area contributed by atoms with Gasteiger partial charge in [0.05, 0.1) is 0 Å². The predicted octanol–water partition coefficient (Wildman–Crippen LogP) is 4.31. The van der Waals surface area contributed by atoms with Crippen molar-refractivity contribution >= 4 is 17.5 Å². The van der Waals surface area contributed by atoms with Crippen LogP contribution >= 0.6 is 0 Å². The van der Waals surface area contributed by atoms with Crippen molar-refractivity contribution in [1.29, 1.82) is 0 Å². The van der Waals surface area contributed by atoms with Gasteiger partial charge in [-0.15, -0.1) is 5.10 Å². The Balaban J connectivity index is 1.50. The van der Waals surface area contributed by atoms with Crippen molar-refractivity contribution in [2.24, 2.45) is 0 Å². The molecule has 8 nitrogen and oxygen atoms in total. The summed E-state index contributed by atoms with van der Waals surface area (Å²) in [5, 5.41) is 4.15. The Morgan fingerprint density at radius 1 is 0.970 bits per heavy atom. The molecule has 0 fully saturated rings. The van der Waals surface area contributed by atoms with Crippen molar-refractivity contribution in [1.82, 2.24) is 24.1 Å². The Hall–Kier alpha value is -3.81. The van der Waals surface area contributed by atoms with Gasteiger partial charge in [-0.05, 0) is 63.4 Å². The van der Waals surface area contributed by atoms with Crippen molar-refractivity contribution < 1.29 is 14.3 Å². The second-order valence-corrected chi connectivity index (χ2v) is 8.55. The third-order valence-corrected chi connectivity index (χ3v) is 5.68. The van der Waals surface area contributed by atoms with E-state index in [0.29, 0.717) is 17.3 Å². The van der Waals surface area contributed by atoms with Crippen LogP contribution in [0.25, 0.3) is 11.5 Å². The van der Waals surface area contributed by atoms with Gasteiger partial charge in [0.2, 0.25) is 5.78 Å². The maximum Gasteiger partial charge on any atom is 0.378 e. The third-order valence-electron chi connectivity index (χ3n) is 5.68. The summed E-state index contributed by atoms with van der Waals surface area (Å²) in [6, 6.07) is 12.0. The van der Waals surface area contributed by atoms with E-state index in [9.17, 15) is 9.59 Å². The molecular weight excluding hydrogens is 418 g/mol. The molecule has 33 heavy (non-hydrogen) atoms. The Bertz CT molecular complexity index is 1360. The van der Waals surface area contributed by atoms with E-state index >= 15 is 0 Å². The van der Waals surface area contributed by atoms with Gasteiger partial charge in [0.15, 0.2) is 6.61 Å². The fourth-order valence-corrected chi connectivity index (χ4v) is 3.98. The van der Waals surface area contributed by atoms with Gasteiger partial charge in [0.1, 0.15) is 0 Å². The maximum atomic E-state index is 12.9. The van der Waals surface area contributed by atoms with Crippen LogP contribution in [-0.2, 0) is 4.74 Å². The molecule has 170 valence electrons. The Morgan fingerprint density at radius 2 is 1.67 bits per heavy atom. The minimum Gasteiger partial charge on any atom is -0.451 e. The molecule has 0 radical (unpaired) electrons. The van der Waals surface area contributed by atoms with Crippen LogP contribution in [0.4, 0.5) is 0 Å². The van der Waals surface area contributed by atoms with Crippen LogP contribution in [-0.4, -0.2) is 42.5 Å². The number of nitrogens with zero attached hydrogens (tertiary/aromatic N) is 5. The van der Waals surface area contributed by atoms with E-state index in [0.717, 1.165) is 28.5 Å². The van der Waals surface area contributed by atoms with Crippen molar-refractivity contribution in [2.45, 2.75) is 47.5 Å². The lowest BCUT2D eigenvalue weighted by molar-refractivity contribution is 0.0462. The molecule has 0 amide bonds. The van der Waals surface area contributed by atoms with E-state index in [1.54, 1.807) is 0 Å². The molecule has 4 rings (SSSR count). The van der Waals surface area contributed by atoms with Gasteiger partial charge in [-0.25, -0.2) is 14.3 Å². The summed E-state index contributed by atoms with van der Waals surface area (Å²) in [5.41, 5.74) is 6.06. The summed E-state index contributed by atoms with van der Waals surface area (Å²) in [5.74, 6) is -0.402. The van der Waals surface area contributed by atoms with Gasteiger partial charge < -0.3 is 9.30 Å². The number of ketones is 1. The summed E-state index contributed by atoms with van der Waals surface area (Å²) >= 11 is 0. The zero-order valence-corrected chi connectivity index (χ0v) is 19.7. The largest absolute Gasteiger partial charge is 0.451 e. The van der Waals surface area contributed by atoms with Gasteiger partial charge in [-0.1, -0.05) is 26.0 Å². The van der Waals surface area contributed by atoms with Crippen molar-refractivity contribution in [3.8, 4) is 5.69 Å². The first-order valence-electron chi connectivity index (χ1n) is 10.9. The molecule has 0 saturated heterocycles. The fourth-order valence-electron chi connectivity index (χ4n) is 3.98. The Morgan fingerprint density at radius 3 is 2.33 bits per heavy atom. The zero-order chi connectivity index (χ0) is 23.9. The lowest BCUT2D eigenvalue weighted by Gasteiger charge is -2.12. The Labute approximate surface area is 192 Å². The molecule has 8 heteroatoms. The predicted molar refractivity (Wildman–Crippen MR) is 124 cm³/mol. The quantitative estimate of drug-likeness (QED) is 0.324. The highest BCUT2D eigenvalue weighted by molar-refractivity contribution is 6.00. The zero-order valence-electron chi connectivity index (χ0n) is 19.7. The monoisotopic (exact) mass is 445 g/mol. The summed E-state index contributed by atoms with van der Waals surface area (Å²) < 4.78 is 8.74. The summed E-state index contributed by atoms with van der Waals surface area (Å²) in [7, 11) is 0. The second-order valence-electron chi connectivity index (χ2n) is 8.55. The van der Waals surface area contributed by atoms with Crippen LogP contribution in [0.2, 0.25) is 0 Å². The number of Topliss-reactive ketones (excluding diaryl/α,β-unsaturated/α-hetero) is 1. The van der Waals surface area contributed by atoms with E-state index in [4.69, 9.17) is 4.74 Å². The fraction of sp³-hybridized carbons (Fsp3) is 0.320. The number of benzene rings is 1. The highest BCUT2D eigenvalue weighted by Gasteiger charge is 2.21. The number of carbonyl (C=O) groups excluding carboxylic acids is 2. The molecule has 4 aromatic rings. The van der Waals surface area contributed by atoms with Gasteiger partial charge in [0.25, 0.3) is 11.6 Å². The van der Waals surface area contributed by atoms with Crippen molar-refractivity contribution in [3.05, 3.63) is 76.1 Å². The van der Waals surface area contributed by atoms with E-state index in [2.05, 4.69) is 53.2 Å². The molecule has 3 heterocycles. The van der Waals surface area contributed by atoms with Crippen LogP contribution in [0.5, 0.6) is 0 Å².